The van der Waals surface area contributed by atoms with E-state index in [1.807, 2.05) is 6.20 Å². The Morgan fingerprint density at radius 1 is 1.11 bits per heavy atom. The van der Waals surface area contributed by atoms with Gasteiger partial charge in [-0.15, -0.1) is 0 Å². The van der Waals surface area contributed by atoms with Gasteiger partial charge in [0.15, 0.2) is 0 Å². The fourth-order valence-electron chi connectivity index (χ4n) is 4.92. The predicted octanol–water partition coefficient (Wildman–Crippen LogP) is 4.60. The molecule has 1 aliphatic carbocycles. The third-order valence-corrected chi connectivity index (χ3v) is 6.67. The molecule has 1 atom stereocenters. The summed E-state index contributed by atoms with van der Waals surface area (Å²) in [6.45, 7) is 4.83. The summed E-state index contributed by atoms with van der Waals surface area (Å²) in [4.78, 5) is 19.4. The summed E-state index contributed by atoms with van der Waals surface area (Å²) in [7, 11) is 0. The van der Waals surface area contributed by atoms with E-state index in [-0.39, 0.29) is 0 Å². The van der Waals surface area contributed by atoms with Crippen LogP contribution in [0.2, 0.25) is 0 Å². The van der Waals surface area contributed by atoms with Gasteiger partial charge in [0.1, 0.15) is 5.82 Å². The number of carbonyl (C=O) groups excluding carboxylic acids is 1. The monoisotopic (exact) mass is 379 g/mol. The van der Waals surface area contributed by atoms with E-state index in [4.69, 9.17) is 4.98 Å². The summed E-state index contributed by atoms with van der Waals surface area (Å²) in [5.74, 6) is 2.87. The van der Waals surface area contributed by atoms with Gasteiger partial charge in [-0.05, 0) is 37.2 Å². The first kappa shape index (κ1) is 19.2. The number of rotatable bonds is 7. The van der Waals surface area contributed by atoms with Crippen LogP contribution in [0.15, 0.2) is 36.5 Å². The SMILES string of the molecule is Cc1cnc(CC2CCN(C(=O)CCC3CCCC3)C2)n1Cc1ccccc1. The highest BCUT2D eigenvalue weighted by Gasteiger charge is 2.28. The molecule has 1 aliphatic heterocycles. The molecule has 4 nitrogen and oxygen atoms in total. The fraction of sp³-hybridized carbons (Fsp3) is 0.583. The Hall–Kier alpha value is -2.10. The maximum atomic E-state index is 12.6. The lowest BCUT2D eigenvalue weighted by Crippen LogP contribution is -2.29. The second kappa shape index (κ2) is 8.93. The summed E-state index contributed by atoms with van der Waals surface area (Å²) in [5, 5.41) is 0. The Balaban J connectivity index is 1.31. The molecule has 4 heteroatoms. The van der Waals surface area contributed by atoms with Gasteiger partial charge in [0.2, 0.25) is 5.91 Å². The quantitative estimate of drug-likeness (QED) is 0.705. The number of amides is 1. The van der Waals surface area contributed by atoms with Crippen LogP contribution in [0, 0.1) is 18.8 Å². The number of hydrogen-bond acceptors (Lipinski definition) is 2. The number of benzene rings is 1. The minimum Gasteiger partial charge on any atom is -0.342 e. The Kier molecular flexibility index (Phi) is 6.13. The number of carbonyl (C=O) groups is 1. The van der Waals surface area contributed by atoms with Gasteiger partial charge in [-0.25, -0.2) is 4.98 Å². The van der Waals surface area contributed by atoms with E-state index in [0.717, 1.165) is 57.1 Å². The maximum absolute atomic E-state index is 12.6. The average molecular weight is 380 g/mol. The van der Waals surface area contributed by atoms with E-state index in [1.165, 1.54) is 36.9 Å². The number of aryl methyl sites for hydroxylation is 1. The van der Waals surface area contributed by atoms with Crippen LogP contribution in [0.3, 0.4) is 0 Å². The van der Waals surface area contributed by atoms with Crippen molar-refractivity contribution in [2.24, 2.45) is 11.8 Å². The van der Waals surface area contributed by atoms with Crippen molar-refractivity contribution in [3.05, 3.63) is 53.6 Å². The lowest BCUT2D eigenvalue weighted by Gasteiger charge is -2.18. The standard InChI is InChI=1S/C24H33N3O/c1-19-16-25-23(27(19)18-21-9-3-2-4-10-21)15-22-13-14-26(17-22)24(28)12-11-20-7-5-6-8-20/h2-4,9-10,16,20,22H,5-8,11-15,17-18H2,1H3. The van der Waals surface area contributed by atoms with E-state index in [9.17, 15) is 4.79 Å². The molecule has 0 spiro atoms. The van der Waals surface area contributed by atoms with Gasteiger partial charge in [-0.2, -0.15) is 0 Å². The minimum atomic E-state index is 0.373. The second-order valence-electron chi connectivity index (χ2n) is 8.78. The Morgan fingerprint density at radius 3 is 2.68 bits per heavy atom. The summed E-state index contributed by atoms with van der Waals surface area (Å²) >= 11 is 0. The van der Waals surface area contributed by atoms with E-state index >= 15 is 0 Å². The highest BCUT2D eigenvalue weighted by Crippen LogP contribution is 2.29. The smallest absolute Gasteiger partial charge is 0.222 e. The van der Waals surface area contributed by atoms with Crippen molar-refractivity contribution in [3.63, 3.8) is 0 Å². The van der Waals surface area contributed by atoms with Gasteiger partial charge in [-0.1, -0.05) is 56.0 Å². The van der Waals surface area contributed by atoms with Crippen LogP contribution >= 0.6 is 0 Å². The van der Waals surface area contributed by atoms with Gasteiger partial charge >= 0.3 is 0 Å². The first-order chi connectivity index (χ1) is 13.7. The van der Waals surface area contributed by atoms with E-state index < -0.39 is 0 Å². The van der Waals surface area contributed by atoms with Gasteiger partial charge in [0.25, 0.3) is 0 Å². The van der Waals surface area contributed by atoms with Crippen LogP contribution in [-0.4, -0.2) is 33.4 Å². The van der Waals surface area contributed by atoms with Crippen LogP contribution in [0.1, 0.15) is 62.0 Å². The molecule has 1 saturated heterocycles. The molecule has 1 aromatic carbocycles. The first-order valence-corrected chi connectivity index (χ1v) is 11.0. The molecule has 28 heavy (non-hydrogen) atoms. The van der Waals surface area contributed by atoms with Gasteiger partial charge in [-0.3, -0.25) is 4.79 Å². The Labute approximate surface area is 169 Å². The molecule has 0 N–H and O–H groups in total. The van der Waals surface area contributed by atoms with Crippen LogP contribution in [0.25, 0.3) is 0 Å². The lowest BCUT2D eigenvalue weighted by molar-refractivity contribution is -0.130. The van der Waals surface area contributed by atoms with E-state index in [2.05, 4.69) is 46.7 Å². The van der Waals surface area contributed by atoms with E-state index in [1.54, 1.807) is 0 Å². The molecule has 1 aromatic heterocycles. The summed E-state index contributed by atoms with van der Waals surface area (Å²) in [6.07, 6.45) is 11.3. The Bertz CT molecular complexity index is 776. The van der Waals surface area contributed by atoms with Crippen molar-refractivity contribution in [3.8, 4) is 0 Å². The second-order valence-corrected chi connectivity index (χ2v) is 8.78. The molecule has 2 fully saturated rings. The van der Waals surface area contributed by atoms with Crippen molar-refractivity contribution >= 4 is 5.91 Å². The molecular formula is C24H33N3O. The van der Waals surface area contributed by atoms with Gasteiger partial charge < -0.3 is 9.47 Å². The zero-order chi connectivity index (χ0) is 19.3. The zero-order valence-electron chi connectivity index (χ0n) is 17.1. The first-order valence-electron chi connectivity index (χ1n) is 11.0. The summed E-state index contributed by atoms with van der Waals surface area (Å²) in [6, 6.07) is 10.6. The molecule has 4 rings (SSSR count). The molecule has 1 saturated carbocycles. The summed E-state index contributed by atoms with van der Waals surface area (Å²) < 4.78 is 2.33. The van der Waals surface area contributed by atoms with Gasteiger partial charge in [0.05, 0.1) is 0 Å². The normalized spacial score (nSPS) is 20.2. The van der Waals surface area contributed by atoms with Crippen molar-refractivity contribution in [1.82, 2.24) is 14.5 Å². The predicted molar refractivity (Wildman–Crippen MR) is 112 cm³/mol. The number of nitrogens with zero attached hydrogens (tertiary/aromatic N) is 3. The summed E-state index contributed by atoms with van der Waals surface area (Å²) in [5.41, 5.74) is 2.52. The third kappa shape index (κ3) is 4.65. The number of aromatic nitrogens is 2. The number of hydrogen-bond donors (Lipinski definition) is 0. The van der Waals surface area contributed by atoms with Crippen molar-refractivity contribution in [1.29, 1.82) is 0 Å². The maximum Gasteiger partial charge on any atom is 0.222 e. The molecule has 2 aliphatic rings. The topological polar surface area (TPSA) is 38.1 Å². The highest BCUT2D eigenvalue weighted by molar-refractivity contribution is 5.76. The highest BCUT2D eigenvalue weighted by atomic mass is 16.2. The largest absolute Gasteiger partial charge is 0.342 e. The minimum absolute atomic E-state index is 0.373. The molecule has 0 radical (unpaired) electrons. The van der Waals surface area contributed by atoms with Crippen LogP contribution in [0.5, 0.6) is 0 Å². The molecular weight excluding hydrogens is 346 g/mol. The van der Waals surface area contributed by atoms with Crippen molar-refractivity contribution in [2.45, 2.75) is 64.8 Å². The van der Waals surface area contributed by atoms with Gasteiger partial charge in [0, 0.05) is 44.4 Å². The van der Waals surface area contributed by atoms with Crippen molar-refractivity contribution in [2.75, 3.05) is 13.1 Å². The van der Waals surface area contributed by atoms with Crippen LogP contribution < -0.4 is 0 Å². The number of imidazole rings is 1. The third-order valence-electron chi connectivity index (χ3n) is 6.67. The molecule has 2 heterocycles. The van der Waals surface area contributed by atoms with Crippen LogP contribution in [0.4, 0.5) is 0 Å². The fourth-order valence-corrected chi connectivity index (χ4v) is 4.92. The Morgan fingerprint density at radius 2 is 1.89 bits per heavy atom. The zero-order valence-corrected chi connectivity index (χ0v) is 17.1. The lowest BCUT2D eigenvalue weighted by atomic mass is 10.0. The van der Waals surface area contributed by atoms with Crippen LogP contribution in [-0.2, 0) is 17.8 Å². The molecule has 150 valence electrons. The number of likely N-dealkylation sites (tertiary alicyclic amines) is 1. The molecule has 0 bridgehead atoms. The molecule has 1 unspecified atom stereocenters. The van der Waals surface area contributed by atoms with Crippen molar-refractivity contribution < 1.29 is 4.79 Å². The van der Waals surface area contributed by atoms with E-state index in [0.29, 0.717) is 11.8 Å². The molecule has 2 aromatic rings. The average Bonchev–Trinajstić information content (AvgIpc) is 3.46. The molecule has 1 amide bonds.